The number of primary amides is 1. The van der Waals surface area contributed by atoms with Crippen molar-refractivity contribution in [2.75, 3.05) is 13.1 Å². The van der Waals surface area contributed by atoms with E-state index in [0.717, 1.165) is 25.3 Å². The van der Waals surface area contributed by atoms with E-state index in [0.29, 0.717) is 6.04 Å². The predicted molar refractivity (Wildman–Crippen MR) is 64.9 cm³/mol. The van der Waals surface area contributed by atoms with Crippen molar-refractivity contribution in [2.24, 2.45) is 17.6 Å². The lowest BCUT2D eigenvalue weighted by atomic mass is 9.83. The number of hydrogen-bond donors (Lipinski definition) is 1. The van der Waals surface area contributed by atoms with Crippen LogP contribution in [0.15, 0.2) is 0 Å². The molecule has 92 valence electrons. The van der Waals surface area contributed by atoms with Crippen LogP contribution in [0.5, 0.6) is 0 Å². The number of rotatable bonds is 2. The Morgan fingerprint density at radius 1 is 1.19 bits per heavy atom. The summed E-state index contributed by atoms with van der Waals surface area (Å²) in [5, 5.41) is 0. The zero-order chi connectivity index (χ0) is 11.5. The maximum atomic E-state index is 11.3. The molecule has 0 spiro atoms. The second-order valence-electron chi connectivity index (χ2n) is 5.57. The molecule has 1 saturated carbocycles. The smallest absolute Gasteiger partial charge is 0.221 e. The average molecular weight is 224 g/mol. The highest BCUT2D eigenvalue weighted by atomic mass is 16.1. The van der Waals surface area contributed by atoms with Gasteiger partial charge in [0.05, 0.1) is 5.92 Å². The third-order valence-electron chi connectivity index (χ3n) is 4.39. The molecule has 3 nitrogen and oxygen atoms in total. The largest absolute Gasteiger partial charge is 0.369 e. The summed E-state index contributed by atoms with van der Waals surface area (Å²) in [6.07, 6.45) is 7.52. The fourth-order valence-corrected chi connectivity index (χ4v) is 3.38. The summed E-state index contributed by atoms with van der Waals surface area (Å²) in [4.78, 5) is 13.8. The number of likely N-dealkylation sites (tertiary alicyclic amines) is 1. The lowest BCUT2D eigenvalue weighted by molar-refractivity contribution is -0.124. The maximum Gasteiger partial charge on any atom is 0.221 e. The molecule has 1 heterocycles. The highest BCUT2D eigenvalue weighted by Crippen LogP contribution is 2.30. The Morgan fingerprint density at radius 3 is 2.62 bits per heavy atom. The zero-order valence-corrected chi connectivity index (χ0v) is 10.3. The first-order chi connectivity index (χ1) is 7.68. The molecular formula is C13H24N2O. The Labute approximate surface area is 98.4 Å². The van der Waals surface area contributed by atoms with Crippen molar-refractivity contribution in [1.29, 1.82) is 0 Å². The van der Waals surface area contributed by atoms with Crippen LogP contribution in [0.1, 0.15) is 45.4 Å². The molecule has 16 heavy (non-hydrogen) atoms. The van der Waals surface area contributed by atoms with E-state index < -0.39 is 0 Å². The molecule has 1 aliphatic heterocycles. The molecule has 3 atom stereocenters. The van der Waals surface area contributed by atoms with Gasteiger partial charge in [0, 0.05) is 12.6 Å². The molecule has 1 amide bonds. The molecule has 2 fully saturated rings. The molecule has 0 bridgehead atoms. The molecular weight excluding hydrogens is 200 g/mol. The summed E-state index contributed by atoms with van der Waals surface area (Å²) >= 11 is 0. The molecule has 2 N–H and O–H groups in total. The van der Waals surface area contributed by atoms with Crippen molar-refractivity contribution in [3.8, 4) is 0 Å². The second-order valence-corrected chi connectivity index (χ2v) is 5.57. The fourth-order valence-electron chi connectivity index (χ4n) is 3.38. The van der Waals surface area contributed by atoms with Crippen molar-refractivity contribution >= 4 is 5.91 Å². The van der Waals surface area contributed by atoms with Crippen molar-refractivity contribution in [3.05, 3.63) is 0 Å². The van der Waals surface area contributed by atoms with Crippen molar-refractivity contribution in [2.45, 2.75) is 51.5 Å². The molecule has 3 unspecified atom stereocenters. The van der Waals surface area contributed by atoms with Crippen LogP contribution in [0, 0.1) is 11.8 Å². The predicted octanol–water partition coefficient (Wildman–Crippen LogP) is 1.76. The minimum atomic E-state index is -0.104. The van der Waals surface area contributed by atoms with Gasteiger partial charge in [-0.2, -0.15) is 0 Å². The summed E-state index contributed by atoms with van der Waals surface area (Å²) in [7, 11) is 0. The Balaban J connectivity index is 1.95. The number of amides is 1. The van der Waals surface area contributed by atoms with Gasteiger partial charge >= 0.3 is 0 Å². The number of carbonyl (C=O) groups excluding carboxylic acids is 1. The molecule has 0 aromatic rings. The van der Waals surface area contributed by atoms with Gasteiger partial charge in [-0.15, -0.1) is 0 Å². The van der Waals surface area contributed by atoms with Gasteiger partial charge in [0.15, 0.2) is 0 Å². The Morgan fingerprint density at radius 2 is 1.94 bits per heavy atom. The molecule has 0 radical (unpaired) electrons. The molecule has 0 aromatic carbocycles. The van der Waals surface area contributed by atoms with E-state index in [9.17, 15) is 4.79 Å². The zero-order valence-electron chi connectivity index (χ0n) is 10.3. The second kappa shape index (κ2) is 5.17. The van der Waals surface area contributed by atoms with Crippen LogP contribution in [0.3, 0.4) is 0 Å². The SMILES string of the molecule is CC1CCCCC1N1CCCC(C(N)=O)C1. The Kier molecular flexibility index (Phi) is 3.85. The summed E-state index contributed by atoms with van der Waals surface area (Å²) < 4.78 is 0. The minimum Gasteiger partial charge on any atom is -0.369 e. The first-order valence-electron chi connectivity index (χ1n) is 6.72. The number of carbonyl (C=O) groups is 1. The number of nitrogens with two attached hydrogens (primary N) is 1. The molecule has 2 rings (SSSR count). The van der Waals surface area contributed by atoms with Gasteiger partial charge in [-0.3, -0.25) is 9.69 Å². The van der Waals surface area contributed by atoms with Gasteiger partial charge in [-0.1, -0.05) is 19.8 Å². The quantitative estimate of drug-likeness (QED) is 0.777. The van der Waals surface area contributed by atoms with Gasteiger partial charge in [0.25, 0.3) is 0 Å². The van der Waals surface area contributed by atoms with E-state index in [1.807, 2.05) is 0 Å². The van der Waals surface area contributed by atoms with Crippen LogP contribution >= 0.6 is 0 Å². The summed E-state index contributed by atoms with van der Waals surface area (Å²) in [5.41, 5.74) is 5.43. The Bertz CT molecular complexity index is 254. The van der Waals surface area contributed by atoms with Crippen molar-refractivity contribution in [1.82, 2.24) is 4.90 Å². The summed E-state index contributed by atoms with van der Waals surface area (Å²) in [5.74, 6) is 0.788. The van der Waals surface area contributed by atoms with Gasteiger partial charge in [-0.25, -0.2) is 0 Å². The lowest BCUT2D eigenvalue weighted by Crippen LogP contribution is -2.49. The van der Waals surface area contributed by atoms with Crippen molar-refractivity contribution < 1.29 is 4.79 Å². The number of hydrogen-bond acceptors (Lipinski definition) is 2. The molecule has 2 aliphatic rings. The summed E-state index contributed by atoms with van der Waals surface area (Å²) in [6, 6.07) is 0.705. The number of piperidine rings is 1. The van der Waals surface area contributed by atoms with Crippen LogP contribution in [0.25, 0.3) is 0 Å². The summed E-state index contributed by atoms with van der Waals surface area (Å²) in [6.45, 7) is 4.43. The normalized spacial score (nSPS) is 37.2. The van der Waals surface area contributed by atoms with Gasteiger partial charge in [0.2, 0.25) is 5.91 Å². The van der Waals surface area contributed by atoms with E-state index in [2.05, 4.69) is 11.8 Å². The highest BCUT2D eigenvalue weighted by Gasteiger charge is 2.32. The van der Waals surface area contributed by atoms with Crippen LogP contribution < -0.4 is 5.73 Å². The van der Waals surface area contributed by atoms with Gasteiger partial charge < -0.3 is 5.73 Å². The van der Waals surface area contributed by atoms with E-state index in [-0.39, 0.29) is 11.8 Å². The fraction of sp³-hybridized carbons (Fsp3) is 0.923. The first-order valence-corrected chi connectivity index (χ1v) is 6.72. The molecule has 0 aromatic heterocycles. The van der Waals surface area contributed by atoms with Crippen LogP contribution in [-0.4, -0.2) is 29.9 Å². The maximum absolute atomic E-state index is 11.3. The standard InChI is InChI=1S/C13H24N2O/c1-10-5-2-3-7-12(10)15-8-4-6-11(9-15)13(14)16/h10-12H,2-9H2,1H3,(H2,14,16). The average Bonchev–Trinajstić information content (AvgIpc) is 2.30. The van der Waals surface area contributed by atoms with Crippen LogP contribution in [-0.2, 0) is 4.79 Å². The van der Waals surface area contributed by atoms with Gasteiger partial charge in [-0.05, 0) is 38.1 Å². The topological polar surface area (TPSA) is 46.3 Å². The van der Waals surface area contributed by atoms with E-state index in [1.54, 1.807) is 0 Å². The van der Waals surface area contributed by atoms with E-state index in [4.69, 9.17) is 5.73 Å². The highest BCUT2D eigenvalue weighted by molar-refractivity contribution is 5.76. The first kappa shape index (κ1) is 11.9. The molecule has 3 heteroatoms. The Hall–Kier alpha value is -0.570. The van der Waals surface area contributed by atoms with E-state index >= 15 is 0 Å². The number of nitrogens with zero attached hydrogens (tertiary/aromatic N) is 1. The molecule has 1 saturated heterocycles. The monoisotopic (exact) mass is 224 g/mol. The van der Waals surface area contributed by atoms with Crippen LogP contribution in [0.4, 0.5) is 0 Å². The van der Waals surface area contributed by atoms with Crippen LogP contribution in [0.2, 0.25) is 0 Å². The van der Waals surface area contributed by atoms with Gasteiger partial charge in [0.1, 0.15) is 0 Å². The minimum absolute atomic E-state index is 0.0999. The third-order valence-corrected chi connectivity index (χ3v) is 4.39. The lowest BCUT2D eigenvalue weighted by Gasteiger charge is -2.42. The van der Waals surface area contributed by atoms with Crippen molar-refractivity contribution in [3.63, 3.8) is 0 Å². The third kappa shape index (κ3) is 2.57. The van der Waals surface area contributed by atoms with E-state index in [1.165, 1.54) is 32.2 Å². The molecule has 1 aliphatic carbocycles.